The third-order valence-corrected chi connectivity index (χ3v) is 2.50. The number of hydrogen-bond donors (Lipinski definition) is 2. The van der Waals surface area contributed by atoms with Crippen LogP contribution in [0.2, 0.25) is 0 Å². The van der Waals surface area contributed by atoms with Crippen LogP contribution < -0.4 is 10.6 Å². The molecule has 0 radical (unpaired) electrons. The van der Waals surface area contributed by atoms with Gasteiger partial charge in [0.1, 0.15) is 0 Å². The molecular formula is C9H13BrN2. The van der Waals surface area contributed by atoms with Gasteiger partial charge in [-0.25, -0.2) is 0 Å². The van der Waals surface area contributed by atoms with Crippen molar-refractivity contribution < 1.29 is 0 Å². The van der Waals surface area contributed by atoms with Gasteiger partial charge in [0.05, 0.1) is 6.67 Å². The SMILES string of the molecule is CNCNc1ccc(C)c(Br)c1. The quantitative estimate of drug-likeness (QED) is 0.777. The van der Waals surface area contributed by atoms with Crippen molar-refractivity contribution in [3.05, 3.63) is 28.2 Å². The molecule has 2 nitrogen and oxygen atoms in total. The molecule has 1 rings (SSSR count). The number of benzene rings is 1. The number of aryl methyl sites for hydroxylation is 1. The highest BCUT2D eigenvalue weighted by molar-refractivity contribution is 9.10. The summed E-state index contributed by atoms with van der Waals surface area (Å²) in [5.74, 6) is 0. The molecule has 0 aromatic heterocycles. The molecule has 0 saturated carbocycles. The van der Waals surface area contributed by atoms with E-state index in [0.717, 1.165) is 16.8 Å². The van der Waals surface area contributed by atoms with Gasteiger partial charge in [-0.2, -0.15) is 0 Å². The molecule has 0 amide bonds. The lowest BCUT2D eigenvalue weighted by Crippen LogP contribution is -2.16. The lowest BCUT2D eigenvalue weighted by Gasteiger charge is -2.06. The van der Waals surface area contributed by atoms with Gasteiger partial charge in [-0.3, -0.25) is 0 Å². The lowest BCUT2D eigenvalue weighted by atomic mass is 10.2. The van der Waals surface area contributed by atoms with Crippen LogP contribution in [0.15, 0.2) is 22.7 Å². The predicted molar refractivity (Wildman–Crippen MR) is 56.4 cm³/mol. The van der Waals surface area contributed by atoms with E-state index in [2.05, 4.69) is 51.7 Å². The Kier molecular flexibility index (Phi) is 3.56. The summed E-state index contributed by atoms with van der Waals surface area (Å²) in [4.78, 5) is 0. The monoisotopic (exact) mass is 228 g/mol. The number of anilines is 1. The van der Waals surface area contributed by atoms with Gasteiger partial charge in [0, 0.05) is 10.2 Å². The molecule has 1 aromatic rings. The van der Waals surface area contributed by atoms with Crippen molar-refractivity contribution in [1.82, 2.24) is 5.32 Å². The highest BCUT2D eigenvalue weighted by atomic mass is 79.9. The van der Waals surface area contributed by atoms with E-state index >= 15 is 0 Å². The van der Waals surface area contributed by atoms with Gasteiger partial charge in [-0.05, 0) is 31.7 Å². The van der Waals surface area contributed by atoms with Crippen LogP contribution in [-0.2, 0) is 0 Å². The summed E-state index contributed by atoms with van der Waals surface area (Å²) in [7, 11) is 1.91. The van der Waals surface area contributed by atoms with Crippen LogP contribution in [0.3, 0.4) is 0 Å². The summed E-state index contributed by atoms with van der Waals surface area (Å²) in [5.41, 5.74) is 2.38. The fourth-order valence-corrected chi connectivity index (χ4v) is 1.27. The second kappa shape index (κ2) is 4.48. The molecule has 0 saturated heterocycles. The first-order chi connectivity index (χ1) is 5.74. The average molecular weight is 229 g/mol. The van der Waals surface area contributed by atoms with Gasteiger partial charge in [0.2, 0.25) is 0 Å². The van der Waals surface area contributed by atoms with Crippen LogP contribution in [0.4, 0.5) is 5.69 Å². The maximum Gasteiger partial charge on any atom is 0.0650 e. The topological polar surface area (TPSA) is 24.1 Å². The average Bonchev–Trinajstić information content (AvgIpc) is 2.07. The normalized spacial score (nSPS) is 9.92. The molecular weight excluding hydrogens is 216 g/mol. The predicted octanol–water partition coefficient (Wildman–Crippen LogP) is 2.35. The molecule has 0 bridgehead atoms. The van der Waals surface area contributed by atoms with Gasteiger partial charge in [0.15, 0.2) is 0 Å². The summed E-state index contributed by atoms with van der Waals surface area (Å²) in [5, 5.41) is 6.25. The summed E-state index contributed by atoms with van der Waals surface area (Å²) in [6, 6.07) is 6.23. The third-order valence-electron chi connectivity index (χ3n) is 1.64. The largest absolute Gasteiger partial charge is 0.372 e. The molecule has 0 aliphatic rings. The minimum Gasteiger partial charge on any atom is -0.372 e. The van der Waals surface area contributed by atoms with E-state index < -0.39 is 0 Å². The summed E-state index contributed by atoms with van der Waals surface area (Å²) < 4.78 is 1.14. The highest BCUT2D eigenvalue weighted by Gasteiger charge is 1.95. The van der Waals surface area contributed by atoms with Crippen molar-refractivity contribution >= 4 is 21.6 Å². The maximum absolute atomic E-state index is 3.48. The van der Waals surface area contributed by atoms with Gasteiger partial charge >= 0.3 is 0 Å². The van der Waals surface area contributed by atoms with Crippen LogP contribution in [0.25, 0.3) is 0 Å². The van der Waals surface area contributed by atoms with Gasteiger partial charge in [-0.1, -0.05) is 22.0 Å². The molecule has 0 fully saturated rings. The highest BCUT2D eigenvalue weighted by Crippen LogP contribution is 2.20. The number of halogens is 1. The van der Waals surface area contributed by atoms with Crippen molar-refractivity contribution in [1.29, 1.82) is 0 Å². The summed E-state index contributed by atoms with van der Waals surface area (Å²) in [6.45, 7) is 2.86. The minimum atomic E-state index is 0.787. The fraction of sp³-hybridized carbons (Fsp3) is 0.333. The molecule has 0 unspecified atom stereocenters. The van der Waals surface area contributed by atoms with E-state index in [-0.39, 0.29) is 0 Å². The smallest absolute Gasteiger partial charge is 0.0650 e. The minimum absolute atomic E-state index is 0.787. The maximum atomic E-state index is 3.48. The van der Waals surface area contributed by atoms with Gasteiger partial charge in [-0.15, -0.1) is 0 Å². The number of nitrogens with one attached hydrogen (secondary N) is 2. The second-order valence-corrected chi connectivity index (χ2v) is 3.53. The van der Waals surface area contributed by atoms with Crippen molar-refractivity contribution in [3.63, 3.8) is 0 Å². The molecule has 1 aromatic carbocycles. The van der Waals surface area contributed by atoms with Crippen molar-refractivity contribution in [2.45, 2.75) is 6.92 Å². The van der Waals surface area contributed by atoms with Gasteiger partial charge in [0.25, 0.3) is 0 Å². The summed E-state index contributed by atoms with van der Waals surface area (Å²) in [6.07, 6.45) is 0. The lowest BCUT2D eigenvalue weighted by molar-refractivity contribution is 0.874. The Morgan fingerprint density at radius 2 is 2.17 bits per heavy atom. The number of rotatable bonds is 3. The zero-order chi connectivity index (χ0) is 8.97. The Labute approximate surface area is 81.5 Å². The zero-order valence-corrected chi connectivity index (χ0v) is 8.90. The molecule has 0 spiro atoms. The Morgan fingerprint density at radius 1 is 1.42 bits per heavy atom. The first-order valence-corrected chi connectivity index (χ1v) is 4.68. The van der Waals surface area contributed by atoms with E-state index in [1.54, 1.807) is 0 Å². The molecule has 12 heavy (non-hydrogen) atoms. The van der Waals surface area contributed by atoms with Gasteiger partial charge < -0.3 is 10.6 Å². The number of hydrogen-bond acceptors (Lipinski definition) is 2. The Morgan fingerprint density at radius 3 is 2.75 bits per heavy atom. The second-order valence-electron chi connectivity index (χ2n) is 2.67. The van der Waals surface area contributed by atoms with E-state index in [1.807, 2.05) is 7.05 Å². The fourth-order valence-electron chi connectivity index (χ4n) is 0.893. The standard InChI is InChI=1S/C9H13BrN2/c1-7-3-4-8(5-9(7)10)12-6-11-2/h3-5,11-12H,6H2,1-2H3. The van der Waals surface area contributed by atoms with Crippen LogP contribution in [0, 0.1) is 6.92 Å². The van der Waals surface area contributed by atoms with E-state index in [9.17, 15) is 0 Å². The molecule has 2 N–H and O–H groups in total. The van der Waals surface area contributed by atoms with Crippen LogP contribution in [0.5, 0.6) is 0 Å². The van der Waals surface area contributed by atoms with E-state index in [1.165, 1.54) is 5.56 Å². The molecule has 0 aliphatic carbocycles. The molecule has 66 valence electrons. The zero-order valence-electron chi connectivity index (χ0n) is 7.32. The Hall–Kier alpha value is -0.540. The van der Waals surface area contributed by atoms with Crippen molar-refractivity contribution in [2.75, 3.05) is 19.0 Å². The van der Waals surface area contributed by atoms with Crippen LogP contribution >= 0.6 is 15.9 Å². The molecule has 3 heteroatoms. The van der Waals surface area contributed by atoms with E-state index in [4.69, 9.17) is 0 Å². The van der Waals surface area contributed by atoms with Crippen molar-refractivity contribution in [2.24, 2.45) is 0 Å². The molecule has 0 atom stereocenters. The first-order valence-electron chi connectivity index (χ1n) is 3.88. The summed E-state index contributed by atoms with van der Waals surface area (Å²) >= 11 is 3.48. The molecule has 0 aliphatic heterocycles. The van der Waals surface area contributed by atoms with E-state index in [0.29, 0.717) is 0 Å². The molecule has 0 heterocycles. The van der Waals surface area contributed by atoms with Crippen molar-refractivity contribution in [3.8, 4) is 0 Å². The third kappa shape index (κ3) is 2.50. The Balaban J connectivity index is 2.69. The van der Waals surface area contributed by atoms with Crippen LogP contribution in [-0.4, -0.2) is 13.7 Å². The first kappa shape index (κ1) is 9.55. The van der Waals surface area contributed by atoms with Crippen LogP contribution in [0.1, 0.15) is 5.56 Å². The Bertz CT molecular complexity index is 261.